The zero-order valence-corrected chi connectivity index (χ0v) is 9.94. The third kappa shape index (κ3) is 1.96. The summed E-state index contributed by atoms with van der Waals surface area (Å²) in [7, 11) is 1.38. The van der Waals surface area contributed by atoms with Gasteiger partial charge in [0, 0.05) is 11.1 Å². The van der Waals surface area contributed by atoms with Crippen molar-refractivity contribution in [2.24, 2.45) is 0 Å². The van der Waals surface area contributed by atoms with Crippen molar-refractivity contribution in [3.63, 3.8) is 0 Å². The second kappa shape index (κ2) is 4.45. The molecular formula is C14H15NO2. The quantitative estimate of drug-likeness (QED) is 0.636. The number of benzene rings is 2. The molecule has 1 unspecified atom stereocenters. The summed E-state index contributed by atoms with van der Waals surface area (Å²) in [5.41, 5.74) is 7.57. The van der Waals surface area contributed by atoms with Crippen LogP contribution in [0.4, 0.5) is 5.69 Å². The monoisotopic (exact) mass is 229 g/mol. The van der Waals surface area contributed by atoms with E-state index in [-0.39, 0.29) is 11.9 Å². The molecule has 17 heavy (non-hydrogen) atoms. The molecule has 0 fully saturated rings. The molecule has 0 aliphatic heterocycles. The smallest absolute Gasteiger partial charge is 0.312 e. The lowest BCUT2D eigenvalue weighted by atomic mass is 9.95. The van der Waals surface area contributed by atoms with Crippen molar-refractivity contribution in [3.05, 3.63) is 42.0 Å². The Kier molecular flexibility index (Phi) is 3.00. The van der Waals surface area contributed by atoms with E-state index < -0.39 is 0 Å². The van der Waals surface area contributed by atoms with E-state index in [1.54, 1.807) is 6.92 Å². The zero-order chi connectivity index (χ0) is 12.4. The molecule has 0 amide bonds. The molecule has 2 N–H and O–H groups in total. The third-order valence-electron chi connectivity index (χ3n) is 3.03. The third-order valence-corrected chi connectivity index (χ3v) is 3.03. The molecule has 0 bridgehead atoms. The van der Waals surface area contributed by atoms with Gasteiger partial charge in [-0.2, -0.15) is 0 Å². The van der Waals surface area contributed by atoms with Gasteiger partial charge in [0.05, 0.1) is 13.0 Å². The summed E-state index contributed by atoms with van der Waals surface area (Å²) >= 11 is 0. The van der Waals surface area contributed by atoms with Crippen molar-refractivity contribution in [2.45, 2.75) is 12.8 Å². The van der Waals surface area contributed by atoms with Gasteiger partial charge in [0.2, 0.25) is 0 Å². The number of hydrogen-bond donors (Lipinski definition) is 1. The number of nitrogens with two attached hydrogens (primary N) is 1. The molecule has 0 saturated carbocycles. The van der Waals surface area contributed by atoms with E-state index >= 15 is 0 Å². The molecule has 0 radical (unpaired) electrons. The fourth-order valence-electron chi connectivity index (χ4n) is 1.99. The number of nitrogen functional groups attached to an aromatic ring is 1. The summed E-state index contributed by atoms with van der Waals surface area (Å²) in [6.07, 6.45) is 0. The summed E-state index contributed by atoms with van der Waals surface area (Å²) in [4.78, 5) is 11.5. The van der Waals surface area contributed by atoms with Crippen LogP contribution in [0.25, 0.3) is 10.8 Å². The zero-order valence-electron chi connectivity index (χ0n) is 9.94. The number of carbonyl (C=O) groups is 1. The summed E-state index contributed by atoms with van der Waals surface area (Å²) in [6.45, 7) is 1.80. The van der Waals surface area contributed by atoms with Crippen LogP contribution in [-0.2, 0) is 9.53 Å². The van der Waals surface area contributed by atoms with Crippen molar-refractivity contribution in [1.82, 2.24) is 0 Å². The van der Waals surface area contributed by atoms with Crippen LogP contribution in [0, 0.1) is 0 Å². The highest BCUT2D eigenvalue weighted by molar-refractivity contribution is 5.96. The largest absolute Gasteiger partial charge is 0.469 e. The summed E-state index contributed by atoms with van der Waals surface area (Å²) in [5.74, 6) is -0.614. The first kappa shape index (κ1) is 11.5. The summed E-state index contributed by atoms with van der Waals surface area (Å²) in [5, 5.41) is 2.05. The fraction of sp³-hybridized carbons (Fsp3) is 0.214. The maximum absolute atomic E-state index is 11.5. The molecule has 0 aromatic heterocycles. The first-order valence-corrected chi connectivity index (χ1v) is 5.50. The molecule has 88 valence electrons. The Labute approximate surface area is 100 Å². The molecule has 0 spiro atoms. The van der Waals surface area contributed by atoms with Crippen LogP contribution in [0.3, 0.4) is 0 Å². The van der Waals surface area contributed by atoms with E-state index in [1.165, 1.54) is 7.11 Å². The predicted octanol–water partition coefficient (Wildman–Crippen LogP) is 2.70. The average molecular weight is 229 g/mol. The van der Waals surface area contributed by atoms with Gasteiger partial charge in [0.25, 0.3) is 0 Å². The highest BCUT2D eigenvalue weighted by Gasteiger charge is 2.18. The van der Waals surface area contributed by atoms with Crippen molar-refractivity contribution in [3.8, 4) is 0 Å². The number of methoxy groups -OCH3 is 1. The van der Waals surface area contributed by atoms with E-state index in [0.29, 0.717) is 5.69 Å². The second-order valence-corrected chi connectivity index (χ2v) is 4.03. The minimum Gasteiger partial charge on any atom is -0.469 e. The molecular weight excluding hydrogens is 214 g/mol. The minimum absolute atomic E-state index is 0.271. The van der Waals surface area contributed by atoms with Crippen molar-refractivity contribution >= 4 is 22.4 Å². The second-order valence-electron chi connectivity index (χ2n) is 4.03. The Morgan fingerprint density at radius 3 is 2.65 bits per heavy atom. The summed E-state index contributed by atoms with van der Waals surface area (Å²) < 4.78 is 4.74. The SMILES string of the molecule is COC(=O)C(C)c1ccc2ccccc2c1N. The van der Waals surface area contributed by atoms with Gasteiger partial charge in [-0.25, -0.2) is 0 Å². The lowest BCUT2D eigenvalue weighted by Gasteiger charge is -2.14. The van der Waals surface area contributed by atoms with Crippen LogP contribution in [-0.4, -0.2) is 13.1 Å². The molecule has 3 nitrogen and oxygen atoms in total. The van der Waals surface area contributed by atoms with Crippen LogP contribution in [0.1, 0.15) is 18.4 Å². The van der Waals surface area contributed by atoms with Gasteiger partial charge < -0.3 is 10.5 Å². The molecule has 0 aliphatic rings. The van der Waals surface area contributed by atoms with E-state index in [9.17, 15) is 4.79 Å². The van der Waals surface area contributed by atoms with Crippen molar-refractivity contribution in [2.75, 3.05) is 12.8 Å². The number of carbonyl (C=O) groups excluding carboxylic acids is 1. The number of ether oxygens (including phenoxy) is 1. The van der Waals surface area contributed by atoms with Crippen LogP contribution in [0.2, 0.25) is 0 Å². The highest BCUT2D eigenvalue weighted by Crippen LogP contribution is 2.30. The van der Waals surface area contributed by atoms with Crippen LogP contribution < -0.4 is 5.73 Å². The van der Waals surface area contributed by atoms with E-state index in [2.05, 4.69) is 0 Å². The van der Waals surface area contributed by atoms with Gasteiger partial charge >= 0.3 is 5.97 Å². The lowest BCUT2D eigenvalue weighted by Crippen LogP contribution is -2.12. The maximum Gasteiger partial charge on any atom is 0.312 e. The number of fused-ring (bicyclic) bond motifs is 1. The van der Waals surface area contributed by atoms with Crippen LogP contribution in [0.15, 0.2) is 36.4 Å². The first-order chi connectivity index (χ1) is 8.15. The van der Waals surface area contributed by atoms with Crippen LogP contribution in [0.5, 0.6) is 0 Å². The van der Waals surface area contributed by atoms with E-state index in [0.717, 1.165) is 16.3 Å². The molecule has 3 heteroatoms. The predicted molar refractivity (Wildman–Crippen MR) is 68.8 cm³/mol. The topological polar surface area (TPSA) is 52.3 Å². The van der Waals surface area contributed by atoms with Crippen molar-refractivity contribution in [1.29, 1.82) is 0 Å². The highest BCUT2D eigenvalue weighted by atomic mass is 16.5. The van der Waals surface area contributed by atoms with Gasteiger partial charge in [-0.05, 0) is 17.9 Å². The van der Waals surface area contributed by atoms with Gasteiger partial charge in [0.15, 0.2) is 0 Å². The number of rotatable bonds is 2. The Balaban J connectivity index is 2.56. The lowest BCUT2D eigenvalue weighted by molar-refractivity contribution is -0.141. The molecule has 0 saturated heterocycles. The van der Waals surface area contributed by atoms with Gasteiger partial charge in [-0.1, -0.05) is 36.4 Å². The standard InChI is InChI=1S/C14H15NO2/c1-9(14(16)17-2)11-8-7-10-5-3-4-6-12(10)13(11)15/h3-9H,15H2,1-2H3. The molecule has 2 aromatic rings. The molecule has 0 aliphatic carbocycles. The van der Waals surface area contributed by atoms with Crippen molar-refractivity contribution < 1.29 is 9.53 Å². The van der Waals surface area contributed by atoms with E-state index in [1.807, 2.05) is 36.4 Å². The molecule has 1 atom stereocenters. The van der Waals surface area contributed by atoms with E-state index in [4.69, 9.17) is 10.5 Å². The fourth-order valence-corrected chi connectivity index (χ4v) is 1.99. The number of hydrogen-bond acceptors (Lipinski definition) is 3. The maximum atomic E-state index is 11.5. The van der Waals surface area contributed by atoms with Gasteiger partial charge in [-0.3, -0.25) is 4.79 Å². The van der Waals surface area contributed by atoms with Gasteiger partial charge in [-0.15, -0.1) is 0 Å². The Morgan fingerprint density at radius 2 is 1.94 bits per heavy atom. The first-order valence-electron chi connectivity index (χ1n) is 5.50. The van der Waals surface area contributed by atoms with Gasteiger partial charge in [0.1, 0.15) is 0 Å². The number of esters is 1. The Bertz CT molecular complexity index is 563. The molecule has 0 heterocycles. The molecule has 2 rings (SSSR count). The molecule has 2 aromatic carbocycles. The normalized spacial score (nSPS) is 12.4. The van der Waals surface area contributed by atoms with Crippen LogP contribution >= 0.6 is 0 Å². The average Bonchev–Trinajstić information content (AvgIpc) is 2.38. The number of anilines is 1. The summed E-state index contributed by atoms with van der Waals surface area (Å²) in [6, 6.07) is 11.7. The minimum atomic E-state index is -0.343. The Morgan fingerprint density at radius 1 is 1.24 bits per heavy atom. The Hall–Kier alpha value is -2.03.